The molecule has 0 fully saturated rings. The van der Waals surface area contributed by atoms with Crippen LogP contribution in [0.1, 0.15) is 0 Å². The first-order valence-corrected chi connectivity index (χ1v) is 7.60. The van der Waals surface area contributed by atoms with Crippen LogP contribution in [0.15, 0.2) is 67.0 Å². The Kier molecular flexibility index (Phi) is 3.62. The number of hydrogen-bond acceptors (Lipinski definition) is 7. The van der Waals surface area contributed by atoms with E-state index in [0.29, 0.717) is 33.6 Å². The van der Waals surface area contributed by atoms with E-state index in [-0.39, 0.29) is 5.58 Å². The van der Waals surface area contributed by atoms with Gasteiger partial charge in [-0.2, -0.15) is 0 Å². The van der Waals surface area contributed by atoms with Crippen LogP contribution >= 0.6 is 0 Å². The second-order valence-corrected chi connectivity index (χ2v) is 5.52. The summed E-state index contributed by atoms with van der Waals surface area (Å²) in [6.07, 6.45) is 0. The molecule has 26 heavy (non-hydrogen) atoms. The topological polar surface area (TPSA) is 99.1 Å². The van der Waals surface area contributed by atoms with E-state index in [1.807, 2.05) is 0 Å². The standard InChI is InChI=1S/C19H12O7/c1-23-16-9-15-11(7-13(20)19(22)26-15)8-17(16)24-12-3-4-14-10(6-12)2-5-18(21)25-14/h2-9,20H,1H3. The monoisotopic (exact) mass is 352 g/mol. The number of aromatic hydroxyl groups is 1. The quantitative estimate of drug-likeness (QED) is 0.564. The first-order chi connectivity index (χ1) is 12.5. The van der Waals surface area contributed by atoms with Crippen molar-refractivity contribution in [2.45, 2.75) is 0 Å². The smallest absolute Gasteiger partial charge is 0.378 e. The van der Waals surface area contributed by atoms with Crippen LogP contribution in [-0.4, -0.2) is 12.2 Å². The van der Waals surface area contributed by atoms with Crippen LogP contribution in [0.25, 0.3) is 21.9 Å². The van der Waals surface area contributed by atoms with Gasteiger partial charge < -0.3 is 23.4 Å². The van der Waals surface area contributed by atoms with Crippen LogP contribution in [0.2, 0.25) is 0 Å². The minimum absolute atomic E-state index is 0.261. The van der Waals surface area contributed by atoms with Gasteiger partial charge in [-0.05, 0) is 36.4 Å². The highest BCUT2D eigenvalue weighted by Crippen LogP contribution is 2.36. The van der Waals surface area contributed by atoms with Crippen LogP contribution < -0.4 is 20.7 Å². The van der Waals surface area contributed by atoms with Gasteiger partial charge in [-0.1, -0.05) is 0 Å². The van der Waals surface area contributed by atoms with E-state index in [4.69, 9.17) is 18.3 Å². The summed E-state index contributed by atoms with van der Waals surface area (Å²) in [5.41, 5.74) is -0.549. The van der Waals surface area contributed by atoms with Crippen LogP contribution in [0.5, 0.6) is 23.0 Å². The lowest BCUT2D eigenvalue weighted by Gasteiger charge is -2.11. The molecule has 0 atom stereocenters. The van der Waals surface area contributed by atoms with Crippen molar-refractivity contribution in [2.75, 3.05) is 7.11 Å². The zero-order valence-corrected chi connectivity index (χ0v) is 13.5. The Balaban J connectivity index is 1.80. The molecule has 0 saturated heterocycles. The average Bonchev–Trinajstić information content (AvgIpc) is 2.63. The van der Waals surface area contributed by atoms with Crippen LogP contribution in [0, 0.1) is 0 Å². The van der Waals surface area contributed by atoms with Crippen molar-refractivity contribution in [3.8, 4) is 23.0 Å². The molecule has 0 radical (unpaired) electrons. The van der Waals surface area contributed by atoms with Crippen molar-refractivity contribution in [1.82, 2.24) is 0 Å². The molecule has 7 nitrogen and oxygen atoms in total. The summed E-state index contributed by atoms with van der Waals surface area (Å²) in [5.74, 6) is 0.718. The Bertz CT molecular complexity index is 1250. The van der Waals surface area contributed by atoms with Crippen molar-refractivity contribution in [3.63, 3.8) is 0 Å². The number of hydrogen-bond donors (Lipinski definition) is 1. The second kappa shape index (κ2) is 5.96. The van der Waals surface area contributed by atoms with E-state index >= 15 is 0 Å². The molecular formula is C19H12O7. The van der Waals surface area contributed by atoms with Gasteiger partial charge in [0.05, 0.1) is 7.11 Å². The molecule has 0 saturated carbocycles. The highest BCUT2D eigenvalue weighted by molar-refractivity contribution is 5.82. The molecule has 0 aliphatic heterocycles. The Labute approximate surface area is 145 Å². The van der Waals surface area contributed by atoms with Crippen molar-refractivity contribution < 1.29 is 23.4 Å². The normalized spacial score (nSPS) is 11.0. The van der Waals surface area contributed by atoms with E-state index in [9.17, 15) is 14.7 Å². The van der Waals surface area contributed by atoms with Gasteiger partial charge in [0.25, 0.3) is 0 Å². The Morgan fingerprint density at radius 1 is 0.846 bits per heavy atom. The molecule has 4 aromatic rings. The van der Waals surface area contributed by atoms with Gasteiger partial charge in [-0.15, -0.1) is 0 Å². The fraction of sp³-hybridized carbons (Fsp3) is 0.0526. The fourth-order valence-corrected chi connectivity index (χ4v) is 2.60. The maximum Gasteiger partial charge on any atom is 0.378 e. The van der Waals surface area contributed by atoms with Crippen molar-refractivity contribution >= 4 is 21.9 Å². The number of benzene rings is 2. The van der Waals surface area contributed by atoms with Gasteiger partial charge in [-0.3, -0.25) is 0 Å². The third-order valence-corrected chi connectivity index (χ3v) is 3.82. The lowest BCUT2D eigenvalue weighted by atomic mass is 10.2. The molecule has 0 aliphatic carbocycles. The molecule has 1 N–H and O–H groups in total. The molecule has 0 spiro atoms. The molecule has 0 amide bonds. The molecule has 2 heterocycles. The largest absolute Gasteiger partial charge is 0.502 e. The molecule has 2 aromatic heterocycles. The highest BCUT2D eigenvalue weighted by atomic mass is 16.5. The first kappa shape index (κ1) is 15.8. The van der Waals surface area contributed by atoms with Crippen molar-refractivity contribution in [2.24, 2.45) is 0 Å². The molecule has 7 heteroatoms. The number of rotatable bonds is 3. The fourth-order valence-electron chi connectivity index (χ4n) is 2.60. The van der Waals surface area contributed by atoms with Gasteiger partial charge in [0.15, 0.2) is 11.5 Å². The summed E-state index contributed by atoms with van der Waals surface area (Å²) in [5, 5.41) is 10.7. The number of methoxy groups -OCH3 is 1. The van der Waals surface area contributed by atoms with E-state index in [1.165, 1.54) is 25.3 Å². The Morgan fingerprint density at radius 3 is 2.50 bits per heavy atom. The third kappa shape index (κ3) is 2.75. The van der Waals surface area contributed by atoms with Crippen molar-refractivity contribution in [1.29, 1.82) is 0 Å². The highest BCUT2D eigenvalue weighted by Gasteiger charge is 2.12. The Morgan fingerprint density at radius 2 is 1.69 bits per heavy atom. The van der Waals surface area contributed by atoms with Crippen LogP contribution in [0.3, 0.4) is 0 Å². The molecule has 0 aliphatic rings. The lowest BCUT2D eigenvalue weighted by molar-refractivity contribution is 0.378. The van der Waals surface area contributed by atoms with Gasteiger partial charge >= 0.3 is 11.3 Å². The van der Waals surface area contributed by atoms with Crippen molar-refractivity contribution in [3.05, 3.63) is 69.4 Å². The molecule has 0 unspecified atom stereocenters. The lowest BCUT2D eigenvalue weighted by Crippen LogP contribution is -1.98. The predicted octanol–water partition coefficient (Wildman–Crippen LogP) is 3.41. The second-order valence-electron chi connectivity index (χ2n) is 5.52. The maximum absolute atomic E-state index is 11.4. The van der Waals surface area contributed by atoms with E-state index in [0.717, 1.165) is 0 Å². The van der Waals surface area contributed by atoms with E-state index < -0.39 is 17.0 Å². The van der Waals surface area contributed by atoms with Gasteiger partial charge in [-0.25, -0.2) is 9.59 Å². The van der Waals surface area contributed by atoms with Crippen LogP contribution in [0.4, 0.5) is 0 Å². The van der Waals surface area contributed by atoms with Gasteiger partial charge in [0.1, 0.15) is 16.9 Å². The van der Waals surface area contributed by atoms with E-state index in [2.05, 4.69) is 0 Å². The Hall–Kier alpha value is -3.74. The third-order valence-electron chi connectivity index (χ3n) is 3.82. The number of ether oxygens (including phenoxy) is 2. The summed E-state index contributed by atoms with van der Waals surface area (Å²) in [4.78, 5) is 22.7. The molecule has 0 bridgehead atoms. The predicted molar refractivity (Wildman–Crippen MR) is 93.3 cm³/mol. The summed E-state index contributed by atoms with van der Waals surface area (Å²) in [6.45, 7) is 0. The summed E-state index contributed by atoms with van der Waals surface area (Å²) in [7, 11) is 1.46. The molecule has 2 aromatic carbocycles. The van der Waals surface area contributed by atoms with Gasteiger partial charge in [0.2, 0.25) is 5.75 Å². The zero-order valence-electron chi connectivity index (χ0n) is 13.5. The molecular weight excluding hydrogens is 340 g/mol. The SMILES string of the molecule is COc1cc2oc(=O)c(O)cc2cc1Oc1ccc2oc(=O)ccc2c1. The maximum atomic E-state index is 11.4. The number of fused-ring (bicyclic) bond motifs is 2. The average molecular weight is 352 g/mol. The minimum Gasteiger partial charge on any atom is -0.502 e. The summed E-state index contributed by atoms with van der Waals surface area (Å²) < 4.78 is 21.3. The molecule has 4 rings (SSSR count). The van der Waals surface area contributed by atoms with Crippen LogP contribution in [-0.2, 0) is 0 Å². The van der Waals surface area contributed by atoms with E-state index in [1.54, 1.807) is 30.3 Å². The zero-order chi connectivity index (χ0) is 18.3. The summed E-state index contributed by atoms with van der Waals surface area (Å²) in [6, 6.07) is 12.3. The molecule has 130 valence electrons. The summed E-state index contributed by atoms with van der Waals surface area (Å²) >= 11 is 0. The van der Waals surface area contributed by atoms with Gasteiger partial charge in [0, 0.05) is 22.9 Å². The minimum atomic E-state index is -0.829. The first-order valence-electron chi connectivity index (χ1n) is 7.60.